The second kappa shape index (κ2) is 7.48. The third kappa shape index (κ3) is 3.73. The van der Waals surface area contributed by atoms with Crippen molar-refractivity contribution in [3.05, 3.63) is 53.4 Å². The quantitative estimate of drug-likeness (QED) is 0.465. The summed E-state index contributed by atoms with van der Waals surface area (Å²) in [6.07, 6.45) is 0.398. The van der Waals surface area contributed by atoms with E-state index >= 15 is 4.39 Å². The molecule has 5 rings (SSSR count). The van der Waals surface area contributed by atoms with E-state index in [0.717, 1.165) is 12.8 Å². The van der Waals surface area contributed by atoms with Crippen molar-refractivity contribution in [2.75, 3.05) is 5.32 Å². The average molecular weight is 436 g/mol. The van der Waals surface area contributed by atoms with E-state index in [-0.39, 0.29) is 28.0 Å². The Morgan fingerprint density at radius 3 is 2.78 bits per heavy atom. The van der Waals surface area contributed by atoms with Crippen LogP contribution in [0.5, 0.6) is 0 Å². The maximum absolute atomic E-state index is 15.4. The van der Waals surface area contributed by atoms with Gasteiger partial charge >= 0.3 is 0 Å². The summed E-state index contributed by atoms with van der Waals surface area (Å²) in [4.78, 5) is 8.69. The molecule has 4 aromatic rings. The van der Waals surface area contributed by atoms with E-state index < -0.39 is 18.7 Å². The van der Waals surface area contributed by atoms with Crippen molar-refractivity contribution in [1.29, 1.82) is 0 Å². The van der Waals surface area contributed by atoms with E-state index in [4.69, 9.17) is 0 Å². The highest BCUT2D eigenvalue weighted by atomic mass is 19.3. The molecule has 0 atom stereocenters. The summed E-state index contributed by atoms with van der Waals surface area (Å²) in [6, 6.07) is 6.40. The van der Waals surface area contributed by atoms with Crippen LogP contribution in [0.25, 0.3) is 16.7 Å². The Bertz CT molecular complexity index is 1410. The van der Waals surface area contributed by atoms with Gasteiger partial charge in [-0.3, -0.25) is 4.40 Å². The van der Waals surface area contributed by atoms with Crippen LogP contribution in [-0.2, 0) is 6.42 Å². The van der Waals surface area contributed by atoms with Gasteiger partial charge in [-0.25, -0.2) is 18.2 Å². The molecule has 6 nitrogen and oxygen atoms in total. The first kappa shape index (κ1) is 20.2. The van der Waals surface area contributed by atoms with Gasteiger partial charge in [0.2, 0.25) is 6.43 Å². The normalized spacial score (nSPS) is 14.6. The summed E-state index contributed by atoms with van der Waals surface area (Å²) >= 11 is 0. The van der Waals surface area contributed by atoms with Crippen LogP contribution < -0.4 is 5.32 Å². The number of alkyl halides is 2. The highest BCUT2D eigenvalue weighted by Crippen LogP contribution is 2.44. The van der Waals surface area contributed by atoms with Gasteiger partial charge < -0.3 is 5.32 Å². The highest BCUT2D eigenvalue weighted by Gasteiger charge is 2.35. The van der Waals surface area contributed by atoms with Crippen molar-refractivity contribution in [3.8, 4) is 11.8 Å². The number of pyridine rings is 1. The Kier molecular flexibility index (Phi) is 4.73. The number of anilines is 2. The molecule has 1 saturated carbocycles. The summed E-state index contributed by atoms with van der Waals surface area (Å²) in [5, 5.41) is 11.2. The Morgan fingerprint density at radius 2 is 2.03 bits per heavy atom. The molecule has 0 bridgehead atoms. The van der Waals surface area contributed by atoms with Crippen LogP contribution >= 0.6 is 0 Å². The molecule has 1 aromatic carbocycles. The van der Waals surface area contributed by atoms with Crippen LogP contribution in [0.3, 0.4) is 0 Å². The largest absolute Gasteiger partial charge is 0.339 e. The molecule has 162 valence electrons. The lowest BCUT2D eigenvalue weighted by molar-refractivity contribution is 0.148. The number of hydrogen-bond donors (Lipinski definition) is 1. The zero-order valence-corrected chi connectivity index (χ0v) is 17.5. The van der Waals surface area contributed by atoms with Crippen LogP contribution in [0, 0.1) is 30.0 Å². The van der Waals surface area contributed by atoms with Crippen LogP contribution in [0.15, 0.2) is 30.5 Å². The fraction of sp³-hybridized carbons (Fsp3) is 0.304. The van der Waals surface area contributed by atoms with E-state index in [1.165, 1.54) is 6.07 Å². The van der Waals surface area contributed by atoms with Gasteiger partial charge in [-0.1, -0.05) is 12.0 Å². The Morgan fingerprint density at radius 1 is 1.22 bits per heavy atom. The molecular formula is C23H19F3N6. The third-order valence-electron chi connectivity index (χ3n) is 5.59. The molecule has 32 heavy (non-hydrogen) atoms. The van der Waals surface area contributed by atoms with E-state index in [1.54, 1.807) is 35.7 Å². The van der Waals surface area contributed by atoms with Crippen LogP contribution in [-0.4, -0.2) is 31.0 Å². The summed E-state index contributed by atoms with van der Waals surface area (Å²) in [7, 11) is 0. The van der Waals surface area contributed by atoms with Crippen molar-refractivity contribution < 1.29 is 13.2 Å². The van der Waals surface area contributed by atoms with Gasteiger partial charge in [0, 0.05) is 23.7 Å². The van der Waals surface area contributed by atoms with Crippen molar-refractivity contribution in [2.45, 2.75) is 39.5 Å². The lowest BCUT2D eigenvalue weighted by atomic mass is 10.1. The summed E-state index contributed by atoms with van der Waals surface area (Å²) in [6.45, 7) is 3.82. The van der Waals surface area contributed by atoms with Gasteiger partial charge in [0.15, 0.2) is 0 Å². The Balaban J connectivity index is 1.63. The molecule has 3 aromatic heterocycles. The van der Waals surface area contributed by atoms with Crippen molar-refractivity contribution in [2.24, 2.45) is 5.41 Å². The minimum absolute atomic E-state index is 0.0592. The molecule has 0 radical (unpaired) electrons. The molecule has 1 N–H and O–H groups in total. The maximum atomic E-state index is 15.4. The molecule has 0 aliphatic heterocycles. The lowest BCUT2D eigenvalue weighted by Crippen LogP contribution is -2.06. The van der Waals surface area contributed by atoms with Crippen LogP contribution in [0.2, 0.25) is 0 Å². The third-order valence-corrected chi connectivity index (χ3v) is 5.59. The van der Waals surface area contributed by atoms with Crippen LogP contribution in [0.1, 0.15) is 36.8 Å². The molecule has 1 aliphatic carbocycles. The molecule has 0 unspecified atom stereocenters. The molecule has 9 heteroatoms. The maximum Gasteiger partial charge on any atom is 0.257 e. The van der Waals surface area contributed by atoms with Gasteiger partial charge in [-0.05, 0) is 56.4 Å². The molecule has 0 spiro atoms. The van der Waals surface area contributed by atoms with E-state index in [1.807, 2.05) is 0 Å². The van der Waals surface area contributed by atoms with E-state index in [0.29, 0.717) is 22.7 Å². The molecule has 0 saturated heterocycles. The van der Waals surface area contributed by atoms with Gasteiger partial charge in [0.1, 0.15) is 23.2 Å². The number of aryl methyl sites for hydroxylation is 1. The van der Waals surface area contributed by atoms with E-state index in [2.05, 4.69) is 44.2 Å². The SMILES string of the molecule is Cc1nnc2nc(Nc3ccnc(C#CC4(C)CC4)c3)c3c(F)c(CC(F)F)ccc3n12. The second-order valence-electron chi connectivity index (χ2n) is 8.24. The number of benzene rings is 1. The average Bonchev–Trinajstić information content (AvgIpc) is 3.38. The molecule has 3 heterocycles. The first-order valence-corrected chi connectivity index (χ1v) is 10.2. The van der Waals surface area contributed by atoms with Crippen molar-refractivity contribution in [3.63, 3.8) is 0 Å². The predicted molar refractivity (Wildman–Crippen MR) is 114 cm³/mol. The number of halogens is 3. The standard InChI is InChI=1S/C23H19F3N6/c1-13-30-31-22-29-21(19-17(32(13)22)4-3-14(20(19)26)11-18(24)25)28-16-6-10-27-15(12-16)5-7-23(2)8-9-23/h3-4,6,10,12,18H,8-9,11H2,1-2H3,(H,27,28,29,31). The molecule has 1 fully saturated rings. The summed E-state index contributed by atoms with van der Waals surface area (Å²) < 4.78 is 42.9. The number of fused-ring (bicyclic) bond motifs is 3. The lowest BCUT2D eigenvalue weighted by Gasteiger charge is -2.13. The molecular weight excluding hydrogens is 417 g/mol. The minimum atomic E-state index is -2.67. The second-order valence-corrected chi connectivity index (χ2v) is 8.24. The molecule has 0 amide bonds. The van der Waals surface area contributed by atoms with Gasteiger partial charge in [0.25, 0.3) is 5.78 Å². The smallest absolute Gasteiger partial charge is 0.257 e. The van der Waals surface area contributed by atoms with Crippen LogP contribution in [0.4, 0.5) is 24.7 Å². The first-order valence-electron chi connectivity index (χ1n) is 10.2. The zero-order chi connectivity index (χ0) is 22.5. The monoisotopic (exact) mass is 436 g/mol. The Labute approximate surface area is 181 Å². The fourth-order valence-electron chi connectivity index (χ4n) is 3.54. The topological polar surface area (TPSA) is 68.0 Å². The van der Waals surface area contributed by atoms with Crippen molar-refractivity contribution in [1.82, 2.24) is 24.6 Å². The van der Waals surface area contributed by atoms with Gasteiger partial charge in [0.05, 0.1) is 10.9 Å². The number of nitrogens with one attached hydrogen (secondary N) is 1. The predicted octanol–water partition coefficient (Wildman–Crippen LogP) is 4.82. The minimum Gasteiger partial charge on any atom is -0.339 e. The molecule has 1 aliphatic rings. The number of hydrogen-bond acceptors (Lipinski definition) is 5. The number of rotatable bonds is 4. The van der Waals surface area contributed by atoms with Gasteiger partial charge in [-0.15, -0.1) is 10.2 Å². The summed E-state index contributed by atoms with van der Waals surface area (Å²) in [5.74, 6) is 6.50. The Hall–Kier alpha value is -3.67. The first-order chi connectivity index (χ1) is 15.3. The highest BCUT2D eigenvalue weighted by molar-refractivity contribution is 5.94. The number of nitrogens with zero attached hydrogens (tertiary/aromatic N) is 5. The van der Waals surface area contributed by atoms with Crippen molar-refractivity contribution >= 4 is 28.2 Å². The summed E-state index contributed by atoms with van der Waals surface area (Å²) in [5.41, 5.74) is 1.58. The van der Waals surface area contributed by atoms with Gasteiger partial charge in [-0.2, -0.15) is 4.98 Å². The fourth-order valence-corrected chi connectivity index (χ4v) is 3.54. The van der Waals surface area contributed by atoms with E-state index in [9.17, 15) is 8.78 Å². The number of aromatic nitrogens is 5. The zero-order valence-electron chi connectivity index (χ0n) is 17.5.